The minimum absolute atomic E-state index is 0.0335. The number of carbonyl (C=O) groups is 1. The van der Waals surface area contributed by atoms with Crippen LogP contribution >= 0.6 is 0 Å². The number of nitrogens with two attached hydrogens (primary N) is 1. The van der Waals surface area contributed by atoms with Crippen molar-refractivity contribution in [1.29, 1.82) is 0 Å². The predicted octanol–water partition coefficient (Wildman–Crippen LogP) is 1.49. The molecule has 0 spiro atoms. The summed E-state index contributed by atoms with van der Waals surface area (Å²) in [4.78, 5) is 23.4. The molecule has 1 aromatic carbocycles. The van der Waals surface area contributed by atoms with Crippen LogP contribution in [0, 0.1) is 5.82 Å². The first-order valence-electron chi connectivity index (χ1n) is 9.58. The van der Waals surface area contributed by atoms with E-state index in [4.69, 9.17) is 10.5 Å². The largest absolute Gasteiger partial charge is 0.494 e. The molecule has 3 heterocycles. The molecular weight excluding hydrogens is 375 g/mol. The normalized spacial score (nSPS) is 16.5. The van der Waals surface area contributed by atoms with Crippen LogP contribution in [0.1, 0.15) is 23.6 Å². The van der Waals surface area contributed by atoms with Gasteiger partial charge >= 0.3 is 0 Å². The molecule has 1 aliphatic heterocycles. The summed E-state index contributed by atoms with van der Waals surface area (Å²) in [5.41, 5.74) is 8.64. The average molecular weight is 398 g/mol. The van der Waals surface area contributed by atoms with Crippen molar-refractivity contribution in [2.24, 2.45) is 5.73 Å². The molecular formula is C20H23FN6O2. The molecule has 9 heteroatoms. The number of halogens is 1. The highest BCUT2D eigenvalue weighted by Gasteiger charge is 2.31. The van der Waals surface area contributed by atoms with E-state index >= 15 is 0 Å². The predicted molar refractivity (Wildman–Crippen MR) is 105 cm³/mol. The Balaban J connectivity index is 1.48. The van der Waals surface area contributed by atoms with Gasteiger partial charge in [0.25, 0.3) is 0 Å². The van der Waals surface area contributed by atoms with Crippen molar-refractivity contribution >= 4 is 17.1 Å². The van der Waals surface area contributed by atoms with Crippen LogP contribution in [0.4, 0.5) is 4.39 Å². The molecule has 1 amide bonds. The molecule has 0 saturated carbocycles. The van der Waals surface area contributed by atoms with Gasteiger partial charge in [-0.25, -0.2) is 19.0 Å². The van der Waals surface area contributed by atoms with Gasteiger partial charge in [-0.3, -0.25) is 4.79 Å². The molecule has 1 atom stereocenters. The third-order valence-corrected chi connectivity index (χ3v) is 5.23. The number of methoxy groups -OCH3 is 1. The molecule has 0 bridgehead atoms. The van der Waals surface area contributed by atoms with E-state index < -0.39 is 5.82 Å². The summed E-state index contributed by atoms with van der Waals surface area (Å²) in [6, 6.07) is 4.60. The third kappa shape index (κ3) is 3.77. The minimum Gasteiger partial charge on any atom is -0.494 e. The second kappa shape index (κ2) is 8.12. The van der Waals surface area contributed by atoms with Crippen LogP contribution in [0.2, 0.25) is 0 Å². The summed E-state index contributed by atoms with van der Waals surface area (Å²) < 4.78 is 20.6. The SMILES string of the molecule is COc1ccc(CC(=O)N2CCC(c3nn(CCN)c4nccnc34)C2)cc1F. The second-order valence-electron chi connectivity index (χ2n) is 7.10. The van der Waals surface area contributed by atoms with Gasteiger partial charge in [-0.1, -0.05) is 6.07 Å². The first-order valence-corrected chi connectivity index (χ1v) is 9.58. The van der Waals surface area contributed by atoms with Crippen molar-refractivity contribution in [2.75, 3.05) is 26.7 Å². The summed E-state index contributed by atoms with van der Waals surface area (Å²) in [5.74, 6) is -0.241. The lowest BCUT2D eigenvalue weighted by atomic mass is 10.0. The van der Waals surface area contributed by atoms with Crippen molar-refractivity contribution in [3.05, 3.63) is 47.7 Å². The van der Waals surface area contributed by atoms with Gasteiger partial charge in [0.2, 0.25) is 5.91 Å². The number of aromatic nitrogens is 4. The quantitative estimate of drug-likeness (QED) is 0.675. The smallest absolute Gasteiger partial charge is 0.227 e. The van der Waals surface area contributed by atoms with Gasteiger partial charge < -0.3 is 15.4 Å². The average Bonchev–Trinajstić information content (AvgIpc) is 3.34. The van der Waals surface area contributed by atoms with Gasteiger partial charge in [-0.05, 0) is 24.1 Å². The maximum Gasteiger partial charge on any atom is 0.227 e. The highest BCUT2D eigenvalue weighted by molar-refractivity contribution is 5.80. The summed E-state index contributed by atoms with van der Waals surface area (Å²) in [6.45, 7) is 2.21. The van der Waals surface area contributed by atoms with Crippen LogP contribution < -0.4 is 10.5 Å². The Bertz CT molecular complexity index is 1040. The van der Waals surface area contributed by atoms with Gasteiger partial charge in [-0.2, -0.15) is 5.10 Å². The molecule has 3 aromatic rings. The molecule has 1 unspecified atom stereocenters. The van der Waals surface area contributed by atoms with Crippen molar-refractivity contribution in [1.82, 2.24) is 24.6 Å². The Morgan fingerprint density at radius 3 is 2.93 bits per heavy atom. The van der Waals surface area contributed by atoms with Crippen LogP contribution in [0.15, 0.2) is 30.6 Å². The van der Waals surface area contributed by atoms with Crippen molar-refractivity contribution in [3.63, 3.8) is 0 Å². The number of likely N-dealkylation sites (tertiary alicyclic amines) is 1. The molecule has 152 valence electrons. The number of carbonyl (C=O) groups excluding carboxylic acids is 1. The van der Waals surface area contributed by atoms with Crippen LogP contribution in [0.3, 0.4) is 0 Å². The lowest BCUT2D eigenvalue weighted by molar-refractivity contribution is -0.129. The number of ether oxygens (including phenoxy) is 1. The summed E-state index contributed by atoms with van der Waals surface area (Å²) in [6.07, 6.45) is 4.24. The molecule has 1 aliphatic rings. The minimum atomic E-state index is -0.465. The molecule has 8 nitrogen and oxygen atoms in total. The molecule has 2 aromatic heterocycles. The number of rotatable bonds is 6. The van der Waals surface area contributed by atoms with Gasteiger partial charge in [0.1, 0.15) is 5.52 Å². The van der Waals surface area contributed by atoms with E-state index in [9.17, 15) is 9.18 Å². The van der Waals surface area contributed by atoms with E-state index in [1.54, 1.807) is 34.1 Å². The zero-order chi connectivity index (χ0) is 20.4. The van der Waals surface area contributed by atoms with Crippen LogP contribution in [-0.4, -0.2) is 57.3 Å². The molecule has 29 heavy (non-hydrogen) atoms. The fourth-order valence-electron chi connectivity index (χ4n) is 3.79. The number of nitrogens with zero attached hydrogens (tertiary/aromatic N) is 5. The standard InChI is InChI=1S/C20H23FN6O2/c1-29-16-3-2-13(10-15(16)21)11-17(28)26-8-4-14(12-26)18-19-20(24-7-6-23-19)27(25-18)9-5-22/h2-3,6-7,10,14H,4-5,8-9,11-12,22H2,1H3. The second-order valence-corrected chi connectivity index (χ2v) is 7.10. The maximum atomic E-state index is 13.9. The first kappa shape index (κ1) is 19.3. The van der Waals surface area contributed by atoms with E-state index in [1.807, 2.05) is 0 Å². The molecule has 2 N–H and O–H groups in total. The zero-order valence-electron chi connectivity index (χ0n) is 16.2. The molecule has 1 saturated heterocycles. The van der Waals surface area contributed by atoms with E-state index in [0.29, 0.717) is 37.4 Å². The molecule has 1 fully saturated rings. The Morgan fingerprint density at radius 2 is 2.17 bits per heavy atom. The van der Waals surface area contributed by atoms with Crippen LogP contribution in [0.25, 0.3) is 11.2 Å². The number of fused-ring (bicyclic) bond motifs is 1. The Hall–Kier alpha value is -3.07. The summed E-state index contributed by atoms with van der Waals surface area (Å²) in [5, 5.41) is 4.68. The Labute approximate surface area is 167 Å². The van der Waals surface area contributed by atoms with Crippen molar-refractivity contribution in [3.8, 4) is 5.75 Å². The highest BCUT2D eigenvalue weighted by Crippen LogP contribution is 2.30. The van der Waals surface area contributed by atoms with Gasteiger partial charge in [-0.15, -0.1) is 0 Å². The van der Waals surface area contributed by atoms with Crippen molar-refractivity contribution in [2.45, 2.75) is 25.3 Å². The Kier molecular flexibility index (Phi) is 5.39. The Morgan fingerprint density at radius 1 is 1.34 bits per heavy atom. The zero-order valence-corrected chi connectivity index (χ0v) is 16.2. The fraction of sp³-hybridized carbons (Fsp3) is 0.400. The summed E-state index contributed by atoms with van der Waals surface area (Å²) >= 11 is 0. The van der Waals surface area contributed by atoms with Gasteiger partial charge in [0, 0.05) is 37.9 Å². The monoisotopic (exact) mass is 398 g/mol. The molecule has 0 radical (unpaired) electrons. The van der Waals surface area contributed by atoms with Gasteiger partial charge in [0.05, 0.1) is 25.8 Å². The number of benzene rings is 1. The lowest BCUT2D eigenvalue weighted by Gasteiger charge is -2.16. The van der Waals surface area contributed by atoms with Crippen molar-refractivity contribution < 1.29 is 13.9 Å². The fourth-order valence-corrected chi connectivity index (χ4v) is 3.79. The maximum absolute atomic E-state index is 13.9. The van der Waals surface area contributed by atoms with E-state index in [0.717, 1.165) is 17.6 Å². The first-order chi connectivity index (χ1) is 14.1. The van der Waals surface area contributed by atoms with E-state index in [1.165, 1.54) is 13.2 Å². The number of amides is 1. The van der Waals surface area contributed by atoms with Crippen LogP contribution in [-0.2, 0) is 17.8 Å². The van der Waals surface area contributed by atoms with Gasteiger partial charge in [0.15, 0.2) is 17.2 Å². The summed E-state index contributed by atoms with van der Waals surface area (Å²) in [7, 11) is 1.41. The van der Waals surface area contributed by atoms with Crippen LogP contribution in [0.5, 0.6) is 5.75 Å². The molecule has 0 aliphatic carbocycles. The van der Waals surface area contributed by atoms with E-state index in [-0.39, 0.29) is 24.0 Å². The van der Waals surface area contributed by atoms with E-state index in [2.05, 4.69) is 15.1 Å². The topological polar surface area (TPSA) is 99.2 Å². The number of hydrogen-bond acceptors (Lipinski definition) is 6. The molecule has 4 rings (SSSR count). The lowest BCUT2D eigenvalue weighted by Crippen LogP contribution is -2.30. The highest BCUT2D eigenvalue weighted by atomic mass is 19.1. The number of hydrogen-bond donors (Lipinski definition) is 1. The third-order valence-electron chi connectivity index (χ3n) is 5.23.